The Hall–Kier alpha value is -2.78. The van der Waals surface area contributed by atoms with Gasteiger partial charge in [-0.15, -0.1) is 0 Å². The molecule has 156 valence electrons. The van der Waals surface area contributed by atoms with Crippen LogP contribution in [-0.2, 0) is 0 Å². The summed E-state index contributed by atoms with van der Waals surface area (Å²) in [5.74, 6) is 2.56. The molecule has 3 aromatic rings. The van der Waals surface area contributed by atoms with E-state index in [0.717, 1.165) is 23.1 Å². The summed E-state index contributed by atoms with van der Waals surface area (Å²) in [4.78, 5) is 13.0. The van der Waals surface area contributed by atoms with E-state index in [4.69, 9.17) is 11.6 Å². The largest absolute Gasteiger partial charge is 0.378 e. The van der Waals surface area contributed by atoms with Crippen molar-refractivity contribution >= 4 is 28.9 Å². The van der Waals surface area contributed by atoms with Gasteiger partial charge in [0.05, 0.1) is 6.04 Å². The third-order valence-electron chi connectivity index (χ3n) is 7.61. The highest BCUT2D eigenvalue weighted by molar-refractivity contribution is 6.30. The van der Waals surface area contributed by atoms with Gasteiger partial charge in [-0.1, -0.05) is 41.9 Å². The Morgan fingerprint density at radius 2 is 1.71 bits per heavy atom. The Kier molecular flexibility index (Phi) is 4.53. The maximum atomic E-state index is 13.0. The summed E-state index contributed by atoms with van der Waals surface area (Å²) in [5.41, 5.74) is 5.36. The predicted octanol–water partition coefficient (Wildman–Crippen LogP) is 6.89. The Morgan fingerprint density at radius 3 is 2.52 bits per heavy atom. The van der Waals surface area contributed by atoms with Gasteiger partial charge in [0, 0.05) is 22.0 Å². The molecule has 2 fully saturated rings. The number of amides is 1. The number of halogens is 1. The fraction of sp³-hybridized carbons (Fsp3) is 0.296. The topological polar surface area (TPSA) is 41.1 Å². The van der Waals surface area contributed by atoms with Gasteiger partial charge < -0.3 is 10.6 Å². The van der Waals surface area contributed by atoms with E-state index in [1.54, 1.807) is 12.1 Å². The van der Waals surface area contributed by atoms with Gasteiger partial charge in [0.25, 0.3) is 5.91 Å². The van der Waals surface area contributed by atoms with E-state index in [9.17, 15) is 4.79 Å². The van der Waals surface area contributed by atoms with Gasteiger partial charge in [0.15, 0.2) is 0 Å². The van der Waals surface area contributed by atoms with Crippen LogP contribution in [-0.4, -0.2) is 5.91 Å². The Morgan fingerprint density at radius 1 is 0.935 bits per heavy atom. The summed E-state index contributed by atoms with van der Waals surface area (Å²) >= 11 is 5.96. The zero-order valence-corrected chi connectivity index (χ0v) is 18.0. The summed E-state index contributed by atoms with van der Waals surface area (Å²) in [6, 6.07) is 24.6. The number of rotatable bonds is 3. The maximum absolute atomic E-state index is 13.0. The van der Waals surface area contributed by atoms with E-state index in [1.165, 1.54) is 36.1 Å². The molecule has 3 nitrogen and oxygen atoms in total. The number of benzene rings is 3. The van der Waals surface area contributed by atoms with E-state index in [2.05, 4.69) is 53.1 Å². The van der Waals surface area contributed by atoms with Gasteiger partial charge in [-0.2, -0.15) is 0 Å². The number of fused-ring (bicyclic) bond motifs is 7. The highest BCUT2D eigenvalue weighted by atomic mass is 35.5. The molecule has 2 bridgehead atoms. The van der Waals surface area contributed by atoms with E-state index >= 15 is 0 Å². The van der Waals surface area contributed by atoms with Crippen LogP contribution in [0.3, 0.4) is 0 Å². The molecule has 2 aliphatic carbocycles. The molecule has 0 aromatic heterocycles. The van der Waals surface area contributed by atoms with Gasteiger partial charge in [0.2, 0.25) is 0 Å². The van der Waals surface area contributed by atoms with Gasteiger partial charge in [-0.3, -0.25) is 4.79 Å². The lowest BCUT2D eigenvalue weighted by molar-refractivity contribution is 0.102. The van der Waals surface area contributed by atoms with Crippen molar-refractivity contribution in [1.29, 1.82) is 0 Å². The second-order valence-corrected chi connectivity index (χ2v) is 9.67. The molecule has 0 spiro atoms. The number of carbonyl (C=O) groups excluding carboxylic acids is 1. The highest BCUT2D eigenvalue weighted by Gasteiger charge is 2.53. The summed E-state index contributed by atoms with van der Waals surface area (Å²) in [7, 11) is 0. The van der Waals surface area contributed by atoms with E-state index in [1.807, 2.05) is 18.2 Å². The molecule has 1 aliphatic heterocycles. The van der Waals surface area contributed by atoms with Crippen molar-refractivity contribution < 1.29 is 4.79 Å². The first kappa shape index (κ1) is 18.9. The minimum atomic E-state index is -0.0741. The third-order valence-corrected chi connectivity index (χ3v) is 7.86. The SMILES string of the molecule is O=C(Nc1ccc(Cl)cc1)c1ccc2c(c1)[C@@H]1[C@H]3CC[C@@H](C3)[C@@H]1[C@H](c1ccccc1)N2. The summed E-state index contributed by atoms with van der Waals surface area (Å²) in [5, 5.41) is 7.51. The second-order valence-electron chi connectivity index (χ2n) is 9.23. The molecule has 4 heteroatoms. The number of hydrogen-bond acceptors (Lipinski definition) is 2. The van der Waals surface area contributed by atoms with Gasteiger partial charge >= 0.3 is 0 Å². The van der Waals surface area contributed by atoms with Crippen molar-refractivity contribution in [3.8, 4) is 0 Å². The summed E-state index contributed by atoms with van der Waals surface area (Å²) < 4.78 is 0. The van der Waals surface area contributed by atoms with Crippen LogP contribution < -0.4 is 10.6 Å². The van der Waals surface area contributed by atoms with E-state index in [0.29, 0.717) is 22.9 Å². The minimum absolute atomic E-state index is 0.0741. The summed E-state index contributed by atoms with van der Waals surface area (Å²) in [6.45, 7) is 0. The molecule has 1 amide bonds. The molecule has 3 aromatic carbocycles. The number of anilines is 2. The van der Waals surface area contributed by atoms with Crippen molar-refractivity contribution in [2.24, 2.45) is 17.8 Å². The molecular weight excluding hydrogens is 404 g/mol. The average Bonchev–Trinajstić information content (AvgIpc) is 3.43. The number of nitrogens with one attached hydrogen (secondary N) is 2. The molecular formula is C27H25ClN2O. The molecule has 1 heterocycles. The Labute approximate surface area is 187 Å². The third kappa shape index (κ3) is 3.23. The lowest BCUT2D eigenvalue weighted by Gasteiger charge is -2.43. The minimum Gasteiger partial charge on any atom is -0.378 e. The van der Waals surface area contributed by atoms with Gasteiger partial charge in [-0.25, -0.2) is 0 Å². The fourth-order valence-electron chi connectivity index (χ4n) is 6.35. The molecule has 6 rings (SSSR count). The highest BCUT2D eigenvalue weighted by Crippen LogP contribution is 2.63. The first-order valence-electron chi connectivity index (χ1n) is 11.2. The zero-order chi connectivity index (χ0) is 20.9. The van der Waals surface area contributed by atoms with E-state index in [-0.39, 0.29) is 5.91 Å². The van der Waals surface area contributed by atoms with E-state index < -0.39 is 0 Å². The van der Waals surface area contributed by atoms with Crippen LogP contribution in [0.4, 0.5) is 11.4 Å². The monoisotopic (exact) mass is 428 g/mol. The Balaban J connectivity index is 1.34. The predicted molar refractivity (Wildman–Crippen MR) is 126 cm³/mol. The lowest BCUT2D eigenvalue weighted by atomic mass is 9.68. The number of carbonyl (C=O) groups is 1. The van der Waals surface area contributed by atoms with Crippen LogP contribution >= 0.6 is 11.6 Å². The first-order valence-corrected chi connectivity index (χ1v) is 11.6. The quantitative estimate of drug-likeness (QED) is 0.477. The van der Waals surface area contributed by atoms with Crippen molar-refractivity contribution in [1.82, 2.24) is 0 Å². The van der Waals surface area contributed by atoms with Crippen molar-refractivity contribution in [3.63, 3.8) is 0 Å². The van der Waals surface area contributed by atoms with Crippen LogP contribution in [0.25, 0.3) is 0 Å². The molecule has 31 heavy (non-hydrogen) atoms. The van der Waals surface area contributed by atoms with Crippen LogP contribution in [0, 0.1) is 17.8 Å². The molecule has 0 unspecified atom stereocenters. The van der Waals surface area contributed by atoms with Crippen LogP contribution in [0.2, 0.25) is 5.02 Å². The van der Waals surface area contributed by atoms with Gasteiger partial charge in [0.1, 0.15) is 0 Å². The molecule has 0 radical (unpaired) electrons. The molecule has 0 saturated heterocycles. The molecule has 2 saturated carbocycles. The van der Waals surface area contributed by atoms with Crippen molar-refractivity contribution in [3.05, 3.63) is 94.5 Å². The van der Waals surface area contributed by atoms with Crippen LogP contribution in [0.1, 0.15) is 52.7 Å². The molecule has 5 atom stereocenters. The zero-order valence-electron chi connectivity index (χ0n) is 17.2. The van der Waals surface area contributed by atoms with Crippen LogP contribution in [0.15, 0.2) is 72.8 Å². The average molecular weight is 429 g/mol. The molecule has 2 N–H and O–H groups in total. The number of hydrogen-bond donors (Lipinski definition) is 2. The summed E-state index contributed by atoms with van der Waals surface area (Å²) in [6.07, 6.45) is 3.97. The maximum Gasteiger partial charge on any atom is 0.255 e. The fourth-order valence-corrected chi connectivity index (χ4v) is 6.48. The Bertz CT molecular complexity index is 1130. The normalized spacial score (nSPS) is 27.8. The standard InChI is InChI=1S/C27H25ClN2O/c28-20-9-11-21(12-10-20)29-27(31)19-8-13-23-22(15-19)24-17-6-7-18(14-17)25(24)26(30-23)16-4-2-1-3-5-16/h1-5,8-13,15,17-18,24-26,30H,6-7,14H2,(H,29,31)/t17-,18-,24-,25-,26-/m0/s1. The first-order chi connectivity index (χ1) is 15.2. The molecule has 3 aliphatic rings. The second kappa shape index (κ2) is 7.42. The van der Waals surface area contributed by atoms with Crippen LogP contribution in [0.5, 0.6) is 0 Å². The van der Waals surface area contributed by atoms with Crippen molar-refractivity contribution in [2.45, 2.75) is 31.2 Å². The van der Waals surface area contributed by atoms with Crippen molar-refractivity contribution in [2.75, 3.05) is 10.6 Å². The lowest BCUT2D eigenvalue weighted by Crippen LogP contribution is -2.35. The smallest absolute Gasteiger partial charge is 0.255 e. The van der Waals surface area contributed by atoms with Gasteiger partial charge in [-0.05, 0) is 96.5 Å².